The van der Waals surface area contributed by atoms with Crippen LogP contribution in [0.25, 0.3) is 0 Å². The minimum absolute atomic E-state index is 0.0779. The molecule has 0 spiro atoms. The lowest BCUT2D eigenvalue weighted by atomic mass is 10.2. The molecule has 0 aliphatic heterocycles. The summed E-state index contributed by atoms with van der Waals surface area (Å²) in [5.74, 6) is 0. The van der Waals surface area contributed by atoms with E-state index in [4.69, 9.17) is 9.47 Å². The first-order valence-corrected chi connectivity index (χ1v) is 6.92. The van der Waals surface area contributed by atoms with Gasteiger partial charge in [0.15, 0.2) is 0 Å². The van der Waals surface area contributed by atoms with Gasteiger partial charge in [-0.2, -0.15) is 0 Å². The van der Waals surface area contributed by atoms with Gasteiger partial charge in [-0.05, 0) is 11.1 Å². The molecule has 0 atom stereocenters. The zero-order chi connectivity index (χ0) is 17.2. The van der Waals surface area contributed by atoms with Crippen LogP contribution < -0.4 is 0 Å². The fourth-order valence-corrected chi connectivity index (χ4v) is 1.68. The van der Waals surface area contributed by atoms with Gasteiger partial charge < -0.3 is 9.47 Å². The highest BCUT2D eigenvalue weighted by Crippen LogP contribution is 2.06. The zero-order valence-electron chi connectivity index (χ0n) is 12.5. The van der Waals surface area contributed by atoms with Gasteiger partial charge in [-0.1, -0.05) is 60.7 Å². The Morgan fingerprint density at radius 2 is 1.33 bits per heavy atom. The van der Waals surface area contributed by atoms with Gasteiger partial charge in [-0.15, -0.1) is 4.91 Å². The molecule has 2 rings (SSSR count). The van der Waals surface area contributed by atoms with Crippen molar-refractivity contribution < 1.29 is 23.9 Å². The summed E-state index contributed by atoms with van der Waals surface area (Å²) in [6.45, 7) is -0.181. The van der Waals surface area contributed by atoms with Crippen molar-refractivity contribution in [3.05, 3.63) is 76.7 Å². The summed E-state index contributed by atoms with van der Waals surface area (Å²) >= 11 is 0. The molecule has 0 aliphatic rings. The largest absolute Gasteiger partial charge is 0.535 e. The van der Waals surface area contributed by atoms with Crippen LogP contribution in [0.1, 0.15) is 11.1 Å². The van der Waals surface area contributed by atoms with Gasteiger partial charge in [0.1, 0.15) is 18.5 Å². The first-order chi connectivity index (χ1) is 11.7. The van der Waals surface area contributed by atoms with Crippen LogP contribution in [0.5, 0.6) is 0 Å². The molecule has 0 unspecified atom stereocenters. The normalized spacial score (nSPS) is 9.67. The second-order valence-electron chi connectivity index (χ2n) is 4.51. The third kappa shape index (κ3) is 5.41. The fourth-order valence-electron chi connectivity index (χ4n) is 1.68. The maximum atomic E-state index is 11.6. The summed E-state index contributed by atoms with van der Waals surface area (Å²) in [6.07, 6.45) is -2.49. The number of hydrogen-bond acceptors (Lipinski definition) is 7. The predicted molar refractivity (Wildman–Crippen MR) is 82.0 cm³/mol. The Hall–Kier alpha value is -3.42. The summed E-state index contributed by atoms with van der Waals surface area (Å²) in [7, 11) is 0. The smallest absolute Gasteiger partial charge is 0.441 e. The van der Waals surface area contributed by atoms with E-state index in [1.807, 2.05) is 6.07 Å². The van der Waals surface area contributed by atoms with Gasteiger partial charge in [0.2, 0.25) is 0 Å². The van der Waals surface area contributed by atoms with Crippen LogP contribution in [-0.4, -0.2) is 17.4 Å². The van der Waals surface area contributed by atoms with Gasteiger partial charge in [0.25, 0.3) is 0 Å². The molecule has 2 aromatic rings. The average Bonchev–Trinajstić information content (AvgIpc) is 2.64. The van der Waals surface area contributed by atoms with E-state index in [1.54, 1.807) is 54.6 Å². The third-order valence-corrected chi connectivity index (χ3v) is 2.80. The molecule has 1 amide bonds. The lowest BCUT2D eigenvalue weighted by Gasteiger charge is -2.12. The van der Waals surface area contributed by atoms with Crippen LogP contribution in [0.15, 0.2) is 65.9 Å². The van der Waals surface area contributed by atoms with Crippen molar-refractivity contribution in [2.24, 2.45) is 5.29 Å². The molecule has 8 heteroatoms. The second kappa shape index (κ2) is 8.89. The molecule has 0 aliphatic carbocycles. The topological polar surface area (TPSA) is 94.5 Å². The van der Waals surface area contributed by atoms with Crippen molar-refractivity contribution in [2.75, 3.05) is 0 Å². The summed E-state index contributed by atoms with van der Waals surface area (Å²) < 4.78 is 9.57. The number of benzene rings is 2. The van der Waals surface area contributed by atoms with E-state index in [0.717, 1.165) is 0 Å². The van der Waals surface area contributed by atoms with Crippen LogP contribution in [-0.2, 0) is 27.5 Å². The number of amides is 1. The Labute approximate surface area is 137 Å². The van der Waals surface area contributed by atoms with Crippen molar-refractivity contribution in [3.8, 4) is 0 Å². The molecule has 0 radical (unpaired) electrons. The van der Waals surface area contributed by atoms with Crippen LogP contribution >= 0.6 is 0 Å². The number of carbonyl (C=O) groups is 2. The van der Waals surface area contributed by atoms with E-state index in [2.05, 4.69) is 10.1 Å². The van der Waals surface area contributed by atoms with Crippen molar-refractivity contribution in [3.63, 3.8) is 0 Å². The standard InChI is InChI=1S/C16H14N2O6/c19-15(22-11-13-7-3-1-4-8-13)18(17-21)24-16(20)23-12-14-9-5-2-6-10-14/h1-10H,11-12H2. The van der Waals surface area contributed by atoms with E-state index in [9.17, 15) is 14.5 Å². The Morgan fingerprint density at radius 3 is 1.83 bits per heavy atom. The maximum Gasteiger partial charge on any atom is 0.535 e. The molecule has 0 N–H and O–H groups in total. The van der Waals surface area contributed by atoms with Gasteiger partial charge in [-0.25, -0.2) is 9.59 Å². The van der Waals surface area contributed by atoms with E-state index < -0.39 is 12.2 Å². The number of nitrogens with zero attached hydrogens (tertiary/aromatic N) is 2. The Morgan fingerprint density at radius 1 is 0.833 bits per heavy atom. The number of hydroxylamine groups is 1. The van der Waals surface area contributed by atoms with Crippen molar-refractivity contribution >= 4 is 12.2 Å². The molecule has 0 saturated carbocycles. The number of rotatable bonds is 5. The quantitative estimate of drug-likeness (QED) is 0.472. The lowest BCUT2D eigenvalue weighted by molar-refractivity contribution is -0.114. The number of nitroso groups, excluding NO2 is 1. The minimum Gasteiger partial charge on any atom is -0.441 e. The number of hydrogen-bond donors (Lipinski definition) is 0. The minimum atomic E-state index is -1.25. The molecule has 2 aromatic carbocycles. The van der Waals surface area contributed by atoms with E-state index in [0.29, 0.717) is 11.1 Å². The molecular weight excluding hydrogens is 316 g/mol. The molecule has 8 nitrogen and oxygen atoms in total. The van der Waals surface area contributed by atoms with Gasteiger partial charge in [0.05, 0.1) is 0 Å². The van der Waals surface area contributed by atoms with E-state index >= 15 is 0 Å². The third-order valence-electron chi connectivity index (χ3n) is 2.80. The Kier molecular flexibility index (Phi) is 6.27. The maximum absolute atomic E-state index is 11.6. The molecule has 0 saturated heterocycles. The highest BCUT2D eigenvalue weighted by atomic mass is 16.9. The number of carbonyl (C=O) groups excluding carboxylic acids is 2. The molecule has 0 aromatic heterocycles. The monoisotopic (exact) mass is 330 g/mol. The molecular formula is C16H14N2O6. The van der Waals surface area contributed by atoms with Crippen LogP contribution in [0.2, 0.25) is 0 Å². The molecule has 124 valence electrons. The summed E-state index contributed by atoms with van der Waals surface area (Å²) in [5, 5.41) is 2.17. The van der Waals surface area contributed by atoms with Crippen LogP contribution in [0.4, 0.5) is 9.59 Å². The fraction of sp³-hybridized carbons (Fsp3) is 0.125. The Bertz CT molecular complexity index is 677. The summed E-state index contributed by atoms with van der Waals surface area (Å²) in [5.41, 5.74) is 1.41. The summed E-state index contributed by atoms with van der Waals surface area (Å²) in [6, 6.07) is 17.6. The zero-order valence-corrected chi connectivity index (χ0v) is 12.5. The first-order valence-electron chi connectivity index (χ1n) is 6.92. The average molecular weight is 330 g/mol. The van der Waals surface area contributed by atoms with Gasteiger partial charge in [-0.3, -0.25) is 4.84 Å². The van der Waals surface area contributed by atoms with E-state index in [1.165, 1.54) is 0 Å². The van der Waals surface area contributed by atoms with Crippen LogP contribution in [0.3, 0.4) is 0 Å². The Balaban J connectivity index is 1.78. The second-order valence-corrected chi connectivity index (χ2v) is 4.51. The molecule has 0 bridgehead atoms. The number of ether oxygens (including phenoxy) is 2. The first kappa shape index (κ1) is 16.9. The van der Waals surface area contributed by atoms with Crippen molar-refractivity contribution in [1.29, 1.82) is 0 Å². The van der Waals surface area contributed by atoms with Gasteiger partial charge >= 0.3 is 12.2 Å². The molecule has 0 fully saturated rings. The van der Waals surface area contributed by atoms with Crippen molar-refractivity contribution in [1.82, 2.24) is 5.17 Å². The highest BCUT2D eigenvalue weighted by molar-refractivity contribution is 5.69. The SMILES string of the molecule is O=NN(OC(=O)OCc1ccccc1)C(=O)OCc1ccccc1. The highest BCUT2D eigenvalue weighted by Gasteiger charge is 2.22. The van der Waals surface area contributed by atoms with Crippen LogP contribution in [0, 0.1) is 4.91 Å². The van der Waals surface area contributed by atoms with Gasteiger partial charge in [0, 0.05) is 5.17 Å². The summed E-state index contributed by atoms with van der Waals surface area (Å²) in [4.78, 5) is 38.1. The molecule has 0 heterocycles. The predicted octanol–water partition coefficient (Wildman–Crippen LogP) is 3.58. The lowest BCUT2D eigenvalue weighted by Crippen LogP contribution is -2.29. The van der Waals surface area contributed by atoms with Crippen molar-refractivity contribution in [2.45, 2.75) is 13.2 Å². The molecule has 24 heavy (non-hydrogen) atoms. The van der Waals surface area contributed by atoms with E-state index in [-0.39, 0.29) is 18.4 Å².